The Kier molecular flexibility index (Phi) is 4.11. The fourth-order valence-electron chi connectivity index (χ4n) is 1.54. The minimum Gasteiger partial charge on any atom is -0.398 e. The number of hydrogen-bond acceptors (Lipinski definition) is 3. The standard InChI is InChI=1S/C13H17N3O/c1-9(7-8-14)16(3)13(17)11-5-4-6-12(15)10(11)2/h4-6,9H,7,15H2,1-3H3. The molecular formula is C13H17N3O. The second-order valence-corrected chi connectivity index (χ2v) is 4.15. The molecule has 4 nitrogen and oxygen atoms in total. The Hall–Kier alpha value is -2.02. The molecule has 0 aliphatic rings. The number of anilines is 1. The summed E-state index contributed by atoms with van der Waals surface area (Å²) >= 11 is 0. The minimum absolute atomic E-state index is 0.0995. The van der Waals surface area contributed by atoms with E-state index in [-0.39, 0.29) is 11.9 Å². The first-order valence-corrected chi connectivity index (χ1v) is 5.48. The van der Waals surface area contributed by atoms with E-state index in [0.29, 0.717) is 17.7 Å². The number of hydrogen-bond donors (Lipinski definition) is 1. The van der Waals surface area contributed by atoms with Crippen molar-refractivity contribution >= 4 is 11.6 Å². The molecule has 0 heterocycles. The quantitative estimate of drug-likeness (QED) is 0.808. The first-order chi connectivity index (χ1) is 7.99. The third-order valence-corrected chi connectivity index (χ3v) is 2.97. The van der Waals surface area contributed by atoms with Crippen molar-refractivity contribution in [3.8, 4) is 6.07 Å². The molecule has 0 radical (unpaired) electrons. The van der Waals surface area contributed by atoms with Gasteiger partial charge in [0.2, 0.25) is 0 Å². The molecule has 4 heteroatoms. The average Bonchev–Trinajstić information content (AvgIpc) is 2.31. The van der Waals surface area contributed by atoms with Crippen LogP contribution in [0.5, 0.6) is 0 Å². The minimum atomic E-state index is -0.103. The largest absolute Gasteiger partial charge is 0.398 e. The molecular weight excluding hydrogens is 214 g/mol. The Balaban J connectivity index is 2.97. The van der Waals surface area contributed by atoms with Gasteiger partial charge in [-0.2, -0.15) is 5.26 Å². The van der Waals surface area contributed by atoms with Gasteiger partial charge in [0.15, 0.2) is 0 Å². The van der Waals surface area contributed by atoms with Crippen molar-refractivity contribution in [1.29, 1.82) is 5.26 Å². The lowest BCUT2D eigenvalue weighted by Crippen LogP contribution is -2.35. The first kappa shape index (κ1) is 13.0. The van der Waals surface area contributed by atoms with Gasteiger partial charge in [-0.3, -0.25) is 4.79 Å². The summed E-state index contributed by atoms with van der Waals surface area (Å²) in [7, 11) is 1.70. The van der Waals surface area contributed by atoms with Crippen molar-refractivity contribution in [2.75, 3.05) is 12.8 Å². The second-order valence-electron chi connectivity index (χ2n) is 4.15. The molecule has 1 aromatic rings. The van der Waals surface area contributed by atoms with E-state index in [1.54, 1.807) is 30.1 Å². The first-order valence-electron chi connectivity index (χ1n) is 5.48. The highest BCUT2D eigenvalue weighted by molar-refractivity contribution is 5.96. The number of nitriles is 1. The summed E-state index contributed by atoms with van der Waals surface area (Å²) in [5.74, 6) is -0.0995. The number of nitrogen functional groups attached to an aromatic ring is 1. The zero-order valence-corrected chi connectivity index (χ0v) is 10.4. The van der Waals surface area contributed by atoms with Crippen LogP contribution < -0.4 is 5.73 Å². The van der Waals surface area contributed by atoms with Crippen LogP contribution in [0, 0.1) is 18.3 Å². The van der Waals surface area contributed by atoms with Gasteiger partial charge in [0, 0.05) is 24.3 Å². The van der Waals surface area contributed by atoms with Gasteiger partial charge in [0.1, 0.15) is 0 Å². The van der Waals surface area contributed by atoms with E-state index in [0.717, 1.165) is 5.56 Å². The lowest BCUT2D eigenvalue weighted by atomic mass is 10.0. The van der Waals surface area contributed by atoms with E-state index in [1.165, 1.54) is 0 Å². The van der Waals surface area contributed by atoms with E-state index < -0.39 is 0 Å². The van der Waals surface area contributed by atoms with Crippen LogP contribution in [0.1, 0.15) is 29.3 Å². The van der Waals surface area contributed by atoms with Gasteiger partial charge in [0.25, 0.3) is 5.91 Å². The maximum atomic E-state index is 12.2. The number of amides is 1. The Bertz CT molecular complexity index is 462. The van der Waals surface area contributed by atoms with Crippen molar-refractivity contribution in [2.45, 2.75) is 26.3 Å². The Morgan fingerprint density at radius 2 is 2.24 bits per heavy atom. The molecule has 0 saturated carbocycles. The number of benzene rings is 1. The fraction of sp³-hybridized carbons (Fsp3) is 0.385. The molecule has 1 aromatic carbocycles. The summed E-state index contributed by atoms with van der Waals surface area (Å²) in [4.78, 5) is 13.8. The Labute approximate surface area is 102 Å². The number of nitrogens with two attached hydrogens (primary N) is 1. The molecule has 0 aromatic heterocycles. The van der Waals surface area contributed by atoms with Crippen LogP contribution in [0.2, 0.25) is 0 Å². The van der Waals surface area contributed by atoms with Gasteiger partial charge >= 0.3 is 0 Å². The van der Waals surface area contributed by atoms with Crippen LogP contribution in [0.15, 0.2) is 18.2 Å². The van der Waals surface area contributed by atoms with E-state index in [1.807, 2.05) is 13.8 Å². The average molecular weight is 231 g/mol. The van der Waals surface area contributed by atoms with Crippen molar-refractivity contribution in [3.63, 3.8) is 0 Å². The maximum Gasteiger partial charge on any atom is 0.254 e. The SMILES string of the molecule is Cc1c(N)cccc1C(=O)N(C)C(C)CC#N. The smallest absolute Gasteiger partial charge is 0.254 e. The van der Waals surface area contributed by atoms with E-state index >= 15 is 0 Å². The van der Waals surface area contributed by atoms with Crippen molar-refractivity contribution in [3.05, 3.63) is 29.3 Å². The van der Waals surface area contributed by atoms with E-state index in [2.05, 4.69) is 6.07 Å². The molecule has 90 valence electrons. The molecule has 0 spiro atoms. The lowest BCUT2D eigenvalue weighted by molar-refractivity contribution is 0.0745. The molecule has 1 rings (SSSR count). The lowest BCUT2D eigenvalue weighted by Gasteiger charge is -2.24. The normalized spacial score (nSPS) is 11.6. The summed E-state index contributed by atoms with van der Waals surface area (Å²) in [6, 6.07) is 7.24. The van der Waals surface area contributed by atoms with Gasteiger partial charge in [-0.1, -0.05) is 6.07 Å². The van der Waals surface area contributed by atoms with Gasteiger partial charge < -0.3 is 10.6 Å². The van der Waals surface area contributed by atoms with Crippen molar-refractivity contribution < 1.29 is 4.79 Å². The number of carbonyl (C=O) groups excluding carboxylic acids is 1. The number of nitrogens with zero attached hydrogens (tertiary/aromatic N) is 2. The molecule has 1 unspecified atom stereocenters. The molecule has 0 aliphatic carbocycles. The summed E-state index contributed by atoms with van der Waals surface area (Å²) in [6.45, 7) is 3.67. The molecule has 0 fully saturated rings. The predicted molar refractivity (Wildman–Crippen MR) is 67.4 cm³/mol. The monoisotopic (exact) mass is 231 g/mol. The molecule has 2 N–H and O–H groups in total. The number of rotatable bonds is 3. The second kappa shape index (κ2) is 5.35. The molecule has 0 bridgehead atoms. The Morgan fingerprint density at radius 1 is 1.59 bits per heavy atom. The Morgan fingerprint density at radius 3 is 2.82 bits per heavy atom. The van der Waals surface area contributed by atoms with Crippen LogP contribution >= 0.6 is 0 Å². The highest BCUT2D eigenvalue weighted by atomic mass is 16.2. The van der Waals surface area contributed by atoms with E-state index in [4.69, 9.17) is 11.0 Å². The molecule has 1 atom stereocenters. The third kappa shape index (κ3) is 2.76. The summed E-state index contributed by atoms with van der Waals surface area (Å²) in [6.07, 6.45) is 0.323. The predicted octanol–water partition coefficient (Wildman–Crippen LogP) is 1.95. The third-order valence-electron chi connectivity index (χ3n) is 2.97. The van der Waals surface area contributed by atoms with Crippen LogP contribution in [-0.2, 0) is 0 Å². The van der Waals surface area contributed by atoms with Gasteiger partial charge in [-0.25, -0.2) is 0 Å². The van der Waals surface area contributed by atoms with E-state index in [9.17, 15) is 4.79 Å². The highest BCUT2D eigenvalue weighted by Crippen LogP contribution is 2.18. The summed E-state index contributed by atoms with van der Waals surface area (Å²) < 4.78 is 0. The molecule has 0 saturated heterocycles. The van der Waals surface area contributed by atoms with Gasteiger partial charge in [-0.15, -0.1) is 0 Å². The summed E-state index contributed by atoms with van der Waals surface area (Å²) in [5.41, 5.74) is 7.76. The van der Waals surface area contributed by atoms with Crippen LogP contribution in [0.4, 0.5) is 5.69 Å². The van der Waals surface area contributed by atoms with Crippen LogP contribution in [-0.4, -0.2) is 23.9 Å². The molecule has 0 aliphatic heterocycles. The zero-order chi connectivity index (χ0) is 13.0. The van der Waals surface area contributed by atoms with Crippen molar-refractivity contribution in [2.24, 2.45) is 0 Å². The molecule has 17 heavy (non-hydrogen) atoms. The maximum absolute atomic E-state index is 12.2. The fourth-order valence-corrected chi connectivity index (χ4v) is 1.54. The van der Waals surface area contributed by atoms with Crippen LogP contribution in [0.3, 0.4) is 0 Å². The highest BCUT2D eigenvalue weighted by Gasteiger charge is 2.19. The summed E-state index contributed by atoms with van der Waals surface area (Å²) in [5, 5.41) is 8.63. The van der Waals surface area contributed by atoms with Crippen molar-refractivity contribution in [1.82, 2.24) is 4.90 Å². The topological polar surface area (TPSA) is 70.1 Å². The van der Waals surface area contributed by atoms with Gasteiger partial charge in [-0.05, 0) is 31.5 Å². The van der Waals surface area contributed by atoms with Crippen LogP contribution in [0.25, 0.3) is 0 Å². The zero-order valence-electron chi connectivity index (χ0n) is 10.4. The van der Waals surface area contributed by atoms with Gasteiger partial charge in [0.05, 0.1) is 12.5 Å². The molecule has 1 amide bonds. The number of carbonyl (C=O) groups is 1.